The minimum atomic E-state index is -4.48. The fourth-order valence-electron chi connectivity index (χ4n) is 4.76. The molecule has 7 heteroatoms. The number of alkyl halides is 3. The third-order valence-electron chi connectivity index (χ3n) is 8.26. The van der Waals surface area contributed by atoms with Crippen molar-refractivity contribution >= 4 is 20.6 Å². The smallest absolute Gasteiger partial charge is 0.418 e. The number of hydrogen-bond donors (Lipinski definition) is 0. The van der Waals surface area contributed by atoms with Crippen LogP contribution in [0.25, 0.3) is 0 Å². The molecule has 0 spiro atoms. The summed E-state index contributed by atoms with van der Waals surface area (Å²) in [7, 11) is 4.10. The Morgan fingerprint density at radius 3 is 2.09 bits per heavy atom. The number of methoxy groups -OCH3 is 1. The Morgan fingerprint density at radius 1 is 1.00 bits per heavy atom. The average Bonchev–Trinajstić information content (AvgIpc) is 3.83. The lowest BCUT2D eigenvalue weighted by atomic mass is 9.95. The summed E-state index contributed by atoms with van der Waals surface area (Å²) >= 11 is 0. The maximum atomic E-state index is 13.9. The van der Waals surface area contributed by atoms with Gasteiger partial charge in [-0.1, -0.05) is 85.9 Å². The first kappa shape index (κ1) is 41.1. The van der Waals surface area contributed by atoms with E-state index in [1.807, 2.05) is 32.9 Å². The molecule has 45 heavy (non-hydrogen) atoms. The summed E-state index contributed by atoms with van der Waals surface area (Å²) in [6.45, 7) is 20.2. The van der Waals surface area contributed by atoms with Gasteiger partial charge < -0.3 is 9.47 Å². The lowest BCUT2D eigenvalue weighted by Gasteiger charge is -2.28. The summed E-state index contributed by atoms with van der Waals surface area (Å²) < 4.78 is 52.3. The molecule has 1 fully saturated rings. The molecule has 0 amide bonds. The van der Waals surface area contributed by atoms with Crippen molar-refractivity contribution in [1.29, 1.82) is 0 Å². The summed E-state index contributed by atoms with van der Waals surface area (Å²) in [4.78, 5) is 4.82. The molecule has 2 aromatic rings. The Labute approximate surface area is 275 Å². The standard InChI is InChI=1S/C22H33F3NOP.C13H20O.C3H8/c1-7-13(4)15(6)26-19-14(5)17(10-11-18(19)16-8-9-16)20(22(23,24)25)27-21(28)12(2)3;1-4-5-6-7-12-8-9-13(14-3)10-11(12)2;1-3-2/h10-13,16,20-21H,7-9,28H2,1-6H3;8-10H,4-7H2,1-3H3;3H2,1-2H3. The zero-order valence-electron chi connectivity index (χ0n) is 29.9. The molecular formula is C38H61F3NO2P. The lowest BCUT2D eigenvalue weighted by Crippen LogP contribution is -2.28. The van der Waals surface area contributed by atoms with E-state index >= 15 is 0 Å². The minimum Gasteiger partial charge on any atom is -0.497 e. The molecule has 3 rings (SSSR count). The first-order valence-electron chi connectivity index (χ1n) is 17.0. The summed E-state index contributed by atoms with van der Waals surface area (Å²) in [6.07, 6.45) is 3.01. The Balaban J connectivity index is 0.000000496. The summed E-state index contributed by atoms with van der Waals surface area (Å²) in [5.41, 5.74) is 6.28. The van der Waals surface area contributed by atoms with Crippen molar-refractivity contribution in [1.82, 2.24) is 0 Å². The topological polar surface area (TPSA) is 30.8 Å². The molecule has 0 bridgehead atoms. The van der Waals surface area contributed by atoms with E-state index in [2.05, 4.69) is 62.9 Å². The predicted molar refractivity (Wildman–Crippen MR) is 191 cm³/mol. The van der Waals surface area contributed by atoms with Crippen LogP contribution in [0.1, 0.15) is 140 Å². The van der Waals surface area contributed by atoms with E-state index in [4.69, 9.17) is 14.5 Å². The fraction of sp³-hybridized carbons (Fsp3) is 0.658. The van der Waals surface area contributed by atoms with Gasteiger partial charge in [0.2, 0.25) is 0 Å². The Morgan fingerprint density at radius 2 is 1.62 bits per heavy atom. The third kappa shape index (κ3) is 13.8. The zero-order chi connectivity index (χ0) is 34.3. The van der Waals surface area contributed by atoms with E-state index in [0.717, 1.165) is 36.3 Å². The van der Waals surface area contributed by atoms with Crippen LogP contribution in [0, 0.1) is 25.7 Å². The van der Waals surface area contributed by atoms with Crippen LogP contribution in [0.15, 0.2) is 35.3 Å². The normalized spacial score (nSPS) is 15.4. The second-order valence-corrected chi connectivity index (χ2v) is 13.4. The molecule has 4 atom stereocenters. The lowest BCUT2D eigenvalue weighted by molar-refractivity contribution is -0.230. The van der Waals surface area contributed by atoms with Gasteiger partial charge in [0, 0.05) is 5.71 Å². The highest BCUT2D eigenvalue weighted by molar-refractivity contribution is 7.17. The molecule has 0 heterocycles. The number of halogens is 3. The van der Waals surface area contributed by atoms with Gasteiger partial charge in [0.25, 0.3) is 0 Å². The fourth-order valence-corrected chi connectivity index (χ4v) is 4.91. The molecule has 0 aromatic heterocycles. The van der Waals surface area contributed by atoms with Crippen molar-refractivity contribution in [3.63, 3.8) is 0 Å². The molecule has 0 N–H and O–H groups in total. The van der Waals surface area contributed by atoms with Crippen molar-refractivity contribution in [2.24, 2.45) is 16.8 Å². The number of aryl methyl sites for hydroxylation is 2. The van der Waals surface area contributed by atoms with Crippen LogP contribution in [0.3, 0.4) is 0 Å². The number of unbranched alkanes of at least 4 members (excludes halogenated alkanes) is 2. The summed E-state index contributed by atoms with van der Waals surface area (Å²) in [6, 6.07) is 9.77. The van der Waals surface area contributed by atoms with Crippen LogP contribution in [0.2, 0.25) is 0 Å². The molecule has 0 radical (unpaired) electrons. The van der Waals surface area contributed by atoms with Gasteiger partial charge in [0.1, 0.15) is 5.75 Å². The molecule has 0 saturated heterocycles. The highest BCUT2D eigenvalue weighted by atomic mass is 31.0. The van der Waals surface area contributed by atoms with E-state index in [-0.39, 0.29) is 11.5 Å². The van der Waals surface area contributed by atoms with Crippen molar-refractivity contribution in [3.8, 4) is 5.75 Å². The van der Waals surface area contributed by atoms with Gasteiger partial charge in [-0.25, -0.2) is 0 Å². The van der Waals surface area contributed by atoms with E-state index in [1.54, 1.807) is 20.1 Å². The molecule has 2 aromatic carbocycles. The van der Waals surface area contributed by atoms with Gasteiger partial charge in [0.05, 0.1) is 18.6 Å². The number of ether oxygens (including phenoxy) is 2. The monoisotopic (exact) mass is 651 g/mol. The van der Waals surface area contributed by atoms with Crippen molar-refractivity contribution < 1.29 is 22.6 Å². The van der Waals surface area contributed by atoms with E-state index < -0.39 is 18.1 Å². The average molecular weight is 652 g/mol. The minimum absolute atomic E-state index is 0.0361. The maximum absolute atomic E-state index is 13.9. The first-order valence-corrected chi connectivity index (χ1v) is 17.6. The van der Waals surface area contributed by atoms with Crippen molar-refractivity contribution in [2.45, 2.75) is 145 Å². The summed E-state index contributed by atoms with van der Waals surface area (Å²) in [5.74, 6) is 1.05. The molecule has 256 valence electrons. The van der Waals surface area contributed by atoms with Crippen molar-refractivity contribution in [3.05, 3.63) is 58.1 Å². The van der Waals surface area contributed by atoms with E-state index in [9.17, 15) is 13.2 Å². The zero-order valence-corrected chi connectivity index (χ0v) is 31.1. The van der Waals surface area contributed by atoms with Gasteiger partial charge in [-0.05, 0) is 111 Å². The Hall–Kier alpha value is -1.91. The second-order valence-electron chi connectivity index (χ2n) is 12.8. The molecule has 3 nitrogen and oxygen atoms in total. The first-order chi connectivity index (χ1) is 21.2. The summed E-state index contributed by atoms with van der Waals surface area (Å²) in [5, 5.41) is 0. The van der Waals surface area contributed by atoms with Crippen LogP contribution in [0.4, 0.5) is 18.9 Å². The maximum Gasteiger partial charge on any atom is 0.418 e. The van der Waals surface area contributed by atoms with E-state index in [0.29, 0.717) is 23.1 Å². The van der Waals surface area contributed by atoms with Crippen LogP contribution in [0.5, 0.6) is 5.75 Å². The van der Waals surface area contributed by atoms with Crippen LogP contribution in [-0.2, 0) is 11.2 Å². The number of aliphatic imine (C=N–C) groups is 1. The molecule has 0 aliphatic heterocycles. The Bertz CT molecular complexity index is 1170. The van der Waals surface area contributed by atoms with Gasteiger partial charge in [-0.15, -0.1) is 9.24 Å². The van der Waals surface area contributed by atoms with Crippen LogP contribution < -0.4 is 4.74 Å². The predicted octanol–water partition coefficient (Wildman–Crippen LogP) is 12.6. The Kier molecular flexibility index (Phi) is 18.6. The van der Waals surface area contributed by atoms with Gasteiger partial charge in [-0.3, -0.25) is 4.99 Å². The number of benzene rings is 2. The third-order valence-corrected chi connectivity index (χ3v) is 9.19. The number of nitrogens with zero attached hydrogens (tertiary/aromatic N) is 1. The highest BCUT2D eigenvalue weighted by Gasteiger charge is 2.44. The molecule has 1 aliphatic carbocycles. The van der Waals surface area contributed by atoms with E-state index in [1.165, 1.54) is 43.2 Å². The quantitative estimate of drug-likeness (QED) is 0.123. The van der Waals surface area contributed by atoms with Gasteiger partial charge >= 0.3 is 6.18 Å². The highest BCUT2D eigenvalue weighted by Crippen LogP contribution is 2.49. The van der Waals surface area contributed by atoms with Crippen molar-refractivity contribution in [2.75, 3.05) is 7.11 Å². The molecule has 1 aliphatic rings. The van der Waals surface area contributed by atoms with Crippen LogP contribution in [-0.4, -0.2) is 24.8 Å². The number of hydrogen-bond acceptors (Lipinski definition) is 3. The largest absolute Gasteiger partial charge is 0.497 e. The van der Waals surface area contributed by atoms with Crippen LogP contribution >= 0.6 is 9.24 Å². The second kappa shape index (κ2) is 20.4. The molecule has 1 saturated carbocycles. The molecule has 4 unspecified atom stereocenters. The van der Waals surface area contributed by atoms with Gasteiger partial charge in [0.15, 0.2) is 6.10 Å². The molecular weight excluding hydrogens is 590 g/mol. The SMILES string of the molecule is CCC.CCC(C)C(C)=Nc1c(C2CC2)ccc(C(OC(P)C(C)C)C(F)(F)F)c1C.CCCCCc1ccc(OC)cc1C. The van der Waals surface area contributed by atoms with Gasteiger partial charge in [-0.2, -0.15) is 13.2 Å². The number of rotatable bonds is 13.